The molecule has 1 aliphatic rings. The Balaban J connectivity index is 3.04. The molecule has 1 N–H and O–H groups in total. The smallest absolute Gasteiger partial charge is 0.408 e. The van der Waals surface area contributed by atoms with Crippen molar-refractivity contribution in [2.45, 2.75) is 52.1 Å². The van der Waals surface area contributed by atoms with Gasteiger partial charge in [-0.2, -0.15) is 0 Å². The minimum absolute atomic E-state index is 0.0557. The minimum Gasteiger partial charge on any atom is -0.462 e. The molecule has 0 saturated carbocycles. The lowest BCUT2D eigenvalue weighted by Gasteiger charge is -2.28. The number of hydrogen-bond acceptors (Lipinski definition) is 9. The van der Waals surface area contributed by atoms with E-state index in [1.54, 1.807) is 34.6 Å². The number of esters is 2. The van der Waals surface area contributed by atoms with Gasteiger partial charge in [-0.1, -0.05) is 13.8 Å². The second-order valence-electron chi connectivity index (χ2n) is 7.37. The zero-order chi connectivity index (χ0) is 20.3. The van der Waals surface area contributed by atoms with E-state index in [0.29, 0.717) is 0 Å². The summed E-state index contributed by atoms with van der Waals surface area (Å²) in [6, 6.07) is 0. The lowest BCUT2D eigenvalue weighted by molar-refractivity contribution is -0.163. The molecule has 0 radical (unpaired) electrons. The summed E-state index contributed by atoms with van der Waals surface area (Å²) in [4.78, 5) is 36.4. The number of cyclic esters (lactones) is 1. The van der Waals surface area contributed by atoms with Crippen LogP contribution in [0.25, 0.3) is 0 Å². The van der Waals surface area contributed by atoms with Crippen LogP contribution >= 0.6 is 7.60 Å². The quantitative estimate of drug-likeness (QED) is 0.407. The number of carbonyl (C=O) groups is 3. The lowest BCUT2D eigenvalue weighted by Crippen LogP contribution is -2.47. The Labute approximate surface area is 152 Å². The highest BCUT2D eigenvalue weighted by Crippen LogP contribution is 2.51. The zero-order valence-corrected chi connectivity index (χ0v) is 16.9. The fraction of sp³-hybridized carbons (Fsp3) is 0.800. The Bertz CT molecular complexity index is 603. The summed E-state index contributed by atoms with van der Waals surface area (Å²) >= 11 is 0. The standard InChI is InChI=1S/C15H26NO9P/c1-14(2,3)25-13(19)16-10(26(20,21-6)22-7)12(18)24-9-11(17)23-8-15(9,4)5/h9-10H,8H2,1-7H3,(H,16,19)/t9-,10?/m1/s1. The topological polar surface area (TPSA) is 126 Å². The van der Waals surface area contributed by atoms with E-state index in [1.165, 1.54) is 0 Å². The normalized spacial score (nSPS) is 20.9. The predicted octanol–water partition coefficient (Wildman–Crippen LogP) is 1.82. The van der Waals surface area contributed by atoms with Crippen LogP contribution in [0.4, 0.5) is 4.79 Å². The first kappa shape index (κ1) is 22.4. The minimum atomic E-state index is -4.12. The van der Waals surface area contributed by atoms with Gasteiger partial charge in [0.05, 0.1) is 0 Å². The largest absolute Gasteiger partial charge is 0.462 e. The van der Waals surface area contributed by atoms with Crippen LogP contribution in [0, 0.1) is 5.41 Å². The summed E-state index contributed by atoms with van der Waals surface area (Å²) < 4.78 is 37.4. The van der Waals surface area contributed by atoms with Crippen molar-refractivity contribution in [3.8, 4) is 0 Å². The first-order valence-corrected chi connectivity index (χ1v) is 9.45. The van der Waals surface area contributed by atoms with Gasteiger partial charge >= 0.3 is 25.6 Å². The van der Waals surface area contributed by atoms with E-state index < -0.39 is 48.5 Å². The molecule has 1 aliphatic heterocycles. The van der Waals surface area contributed by atoms with E-state index in [-0.39, 0.29) is 6.61 Å². The number of hydrogen-bond donors (Lipinski definition) is 1. The number of rotatable bonds is 6. The van der Waals surface area contributed by atoms with Crippen molar-refractivity contribution < 1.29 is 42.2 Å². The second-order valence-corrected chi connectivity index (χ2v) is 9.69. The van der Waals surface area contributed by atoms with Crippen molar-refractivity contribution in [3.05, 3.63) is 0 Å². The third kappa shape index (κ3) is 5.43. The summed E-state index contributed by atoms with van der Waals surface area (Å²) in [5, 5.41) is 2.13. The maximum absolute atomic E-state index is 12.7. The van der Waals surface area contributed by atoms with Gasteiger partial charge in [-0.05, 0) is 20.8 Å². The van der Waals surface area contributed by atoms with E-state index in [9.17, 15) is 18.9 Å². The second kappa shape index (κ2) is 7.94. The lowest BCUT2D eigenvalue weighted by atomic mass is 9.90. The molecule has 2 atom stereocenters. The van der Waals surface area contributed by atoms with Crippen LogP contribution < -0.4 is 5.32 Å². The highest BCUT2D eigenvalue weighted by atomic mass is 31.2. The molecule has 11 heteroatoms. The van der Waals surface area contributed by atoms with Gasteiger partial charge in [0.2, 0.25) is 11.9 Å². The van der Waals surface area contributed by atoms with Crippen LogP contribution in [-0.2, 0) is 37.4 Å². The van der Waals surface area contributed by atoms with Gasteiger partial charge in [-0.25, -0.2) is 14.4 Å². The van der Waals surface area contributed by atoms with Gasteiger partial charge in [0.15, 0.2) is 0 Å². The summed E-state index contributed by atoms with van der Waals surface area (Å²) in [6.07, 6.45) is -2.25. The third-order valence-corrected chi connectivity index (χ3v) is 5.44. The summed E-state index contributed by atoms with van der Waals surface area (Å²) in [5.41, 5.74) is -1.65. The number of ether oxygens (including phenoxy) is 3. The average Bonchev–Trinajstić information content (AvgIpc) is 2.77. The number of amides is 1. The average molecular weight is 395 g/mol. The molecule has 0 aromatic heterocycles. The van der Waals surface area contributed by atoms with E-state index in [0.717, 1.165) is 14.2 Å². The predicted molar refractivity (Wildman–Crippen MR) is 89.4 cm³/mol. The van der Waals surface area contributed by atoms with Crippen LogP contribution in [0.1, 0.15) is 34.6 Å². The summed E-state index contributed by atoms with van der Waals surface area (Å²) in [5.74, 6) is -3.72. The number of alkyl carbamates (subject to hydrolysis) is 1. The molecular weight excluding hydrogens is 369 g/mol. The molecule has 10 nitrogen and oxygen atoms in total. The summed E-state index contributed by atoms with van der Waals surface area (Å²) in [6.45, 7) is 8.23. The molecule has 150 valence electrons. The fourth-order valence-corrected chi connectivity index (χ4v) is 3.24. The van der Waals surface area contributed by atoms with E-state index in [2.05, 4.69) is 5.32 Å². The molecule has 0 bridgehead atoms. The molecule has 0 spiro atoms. The number of carbonyl (C=O) groups excluding carboxylic acids is 3. The third-order valence-electron chi connectivity index (χ3n) is 3.45. The Hall–Kier alpha value is -1.64. The van der Waals surface area contributed by atoms with E-state index in [1.807, 2.05) is 0 Å². The van der Waals surface area contributed by atoms with Crippen LogP contribution in [0.15, 0.2) is 0 Å². The van der Waals surface area contributed by atoms with Gasteiger partial charge < -0.3 is 23.3 Å². The van der Waals surface area contributed by atoms with Crippen molar-refractivity contribution >= 4 is 25.6 Å². The molecule has 1 heterocycles. The van der Waals surface area contributed by atoms with Crippen molar-refractivity contribution in [1.82, 2.24) is 5.32 Å². The molecule has 0 aromatic rings. The Morgan fingerprint density at radius 2 is 1.81 bits per heavy atom. The number of nitrogens with one attached hydrogen (secondary N) is 1. The molecule has 1 saturated heterocycles. The molecule has 1 rings (SSSR count). The summed E-state index contributed by atoms with van der Waals surface area (Å²) in [7, 11) is -2.02. The van der Waals surface area contributed by atoms with Gasteiger partial charge in [0.1, 0.15) is 12.2 Å². The first-order valence-electron chi connectivity index (χ1n) is 7.83. The fourth-order valence-electron chi connectivity index (χ4n) is 2.09. The Kier molecular flexibility index (Phi) is 6.84. The van der Waals surface area contributed by atoms with Crippen LogP contribution in [-0.4, -0.2) is 56.3 Å². The zero-order valence-electron chi connectivity index (χ0n) is 16.0. The van der Waals surface area contributed by atoms with Gasteiger partial charge in [-0.3, -0.25) is 9.88 Å². The maximum atomic E-state index is 12.7. The highest BCUT2D eigenvalue weighted by molar-refractivity contribution is 7.55. The van der Waals surface area contributed by atoms with Crippen LogP contribution in [0.3, 0.4) is 0 Å². The SMILES string of the molecule is COP(=O)(OC)C(NC(=O)OC(C)(C)C)C(=O)O[C@@H]1C(=O)OCC1(C)C. The van der Waals surface area contributed by atoms with Crippen molar-refractivity contribution in [1.29, 1.82) is 0 Å². The van der Waals surface area contributed by atoms with Gasteiger partial charge in [-0.15, -0.1) is 0 Å². The highest BCUT2D eigenvalue weighted by Gasteiger charge is 2.50. The monoisotopic (exact) mass is 395 g/mol. The van der Waals surface area contributed by atoms with Crippen molar-refractivity contribution in [2.24, 2.45) is 5.41 Å². The molecule has 0 aromatic carbocycles. The Morgan fingerprint density at radius 3 is 2.19 bits per heavy atom. The van der Waals surface area contributed by atoms with Crippen molar-refractivity contribution in [3.63, 3.8) is 0 Å². The van der Waals surface area contributed by atoms with Gasteiger partial charge in [0.25, 0.3) is 0 Å². The van der Waals surface area contributed by atoms with Gasteiger partial charge in [0, 0.05) is 19.6 Å². The Morgan fingerprint density at radius 1 is 1.27 bits per heavy atom. The van der Waals surface area contributed by atoms with E-state index in [4.69, 9.17) is 23.3 Å². The van der Waals surface area contributed by atoms with Crippen LogP contribution in [0.5, 0.6) is 0 Å². The molecule has 1 unspecified atom stereocenters. The molecule has 0 aliphatic carbocycles. The maximum Gasteiger partial charge on any atom is 0.408 e. The molecular formula is C15H26NO9P. The molecule has 26 heavy (non-hydrogen) atoms. The van der Waals surface area contributed by atoms with E-state index >= 15 is 0 Å². The van der Waals surface area contributed by atoms with Crippen LogP contribution in [0.2, 0.25) is 0 Å². The molecule has 1 amide bonds. The molecule has 1 fully saturated rings. The van der Waals surface area contributed by atoms with Crippen molar-refractivity contribution in [2.75, 3.05) is 20.8 Å². The first-order chi connectivity index (χ1) is 11.8.